The van der Waals surface area contributed by atoms with Crippen LogP contribution in [0.15, 0.2) is 24.3 Å². The van der Waals surface area contributed by atoms with Gasteiger partial charge in [0.25, 0.3) is 0 Å². The number of hydrogen-bond acceptors (Lipinski definition) is 2. The van der Waals surface area contributed by atoms with Crippen LogP contribution in [0, 0.1) is 11.8 Å². The van der Waals surface area contributed by atoms with Crippen LogP contribution in [0.2, 0.25) is 0 Å². The summed E-state index contributed by atoms with van der Waals surface area (Å²) in [5.41, 5.74) is 1.82. The third kappa shape index (κ3) is 2.11. The maximum Gasteiger partial charge on any atom is 0.246 e. The molecule has 3 rings (SSSR count). The molecule has 3 unspecified atom stereocenters. The summed E-state index contributed by atoms with van der Waals surface area (Å²) in [5.74, 6) is 0.584. The lowest BCUT2D eigenvalue weighted by Gasteiger charge is -2.26. The maximum absolute atomic E-state index is 12.4. The lowest BCUT2D eigenvalue weighted by atomic mass is 10.1. The molecular weight excluding hydrogens is 240 g/mol. The number of carbonyl (C=O) groups is 2. The van der Waals surface area contributed by atoms with Crippen LogP contribution in [0.3, 0.4) is 0 Å². The van der Waals surface area contributed by atoms with Crippen molar-refractivity contribution >= 4 is 17.5 Å². The molecule has 1 saturated carbocycles. The molecule has 1 N–H and O–H groups in total. The highest BCUT2D eigenvalue weighted by Gasteiger charge is 2.44. The minimum Gasteiger partial charge on any atom is -0.326 e. The number of hydrogen-bond donors (Lipinski definition) is 1. The Morgan fingerprint density at radius 3 is 2.68 bits per heavy atom. The van der Waals surface area contributed by atoms with E-state index in [1.165, 1.54) is 0 Å². The van der Waals surface area contributed by atoms with E-state index in [0.29, 0.717) is 12.5 Å². The van der Waals surface area contributed by atoms with Gasteiger partial charge in [0.2, 0.25) is 11.8 Å². The molecule has 1 aromatic rings. The summed E-state index contributed by atoms with van der Waals surface area (Å²) < 4.78 is 0. The van der Waals surface area contributed by atoms with Crippen LogP contribution in [-0.4, -0.2) is 22.8 Å². The molecule has 4 heteroatoms. The van der Waals surface area contributed by atoms with E-state index in [-0.39, 0.29) is 17.7 Å². The number of benzene rings is 1. The van der Waals surface area contributed by atoms with Crippen molar-refractivity contribution in [2.75, 3.05) is 5.32 Å². The first kappa shape index (κ1) is 12.2. The molecule has 0 saturated heterocycles. The number of amides is 2. The van der Waals surface area contributed by atoms with Crippen LogP contribution < -0.4 is 5.32 Å². The molecular formula is C15H18N2O2. The molecule has 1 heterocycles. The van der Waals surface area contributed by atoms with Gasteiger partial charge in [-0.1, -0.05) is 25.1 Å². The van der Waals surface area contributed by atoms with Gasteiger partial charge < -0.3 is 10.2 Å². The van der Waals surface area contributed by atoms with E-state index in [1.807, 2.05) is 24.3 Å². The Labute approximate surface area is 112 Å². The van der Waals surface area contributed by atoms with Gasteiger partial charge in [0.15, 0.2) is 0 Å². The van der Waals surface area contributed by atoms with E-state index >= 15 is 0 Å². The Bertz CT molecular complexity index is 541. The summed E-state index contributed by atoms with van der Waals surface area (Å²) in [4.78, 5) is 26.3. The van der Waals surface area contributed by atoms with Crippen LogP contribution in [-0.2, 0) is 16.1 Å². The Kier molecular flexibility index (Phi) is 2.81. The zero-order valence-corrected chi connectivity index (χ0v) is 11.2. The molecule has 0 radical (unpaired) electrons. The van der Waals surface area contributed by atoms with Gasteiger partial charge in [-0.3, -0.25) is 9.59 Å². The van der Waals surface area contributed by atoms with Gasteiger partial charge in [0.05, 0.1) is 0 Å². The largest absolute Gasteiger partial charge is 0.326 e. The summed E-state index contributed by atoms with van der Waals surface area (Å²) in [6.45, 7) is 4.39. The summed E-state index contributed by atoms with van der Waals surface area (Å²) in [7, 11) is 0. The quantitative estimate of drug-likeness (QED) is 0.837. The molecule has 2 amide bonds. The van der Waals surface area contributed by atoms with Crippen LogP contribution in [0.1, 0.15) is 25.8 Å². The summed E-state index contributed by atoms with van der Waals surface area (Å²) in [5, 5.41) is 2.89. The topological polar surface area (TPSA) is 49.4 Å². The van der Waals surface area contributed by atoms with Gasteiger partial charge in [-0.2, -0.15) is 0 Å². The minimum absolute atomic E-state index is 0.105. The van der Waals surface area contributed by atoms with E-state index in [4.69, 9.17) is 0 Å². The van der Waals surface area contributed by atoms with Crippen LogP contribution >= 0.6 is 0 Å². The molecule has 100 valence electrons. The van der Waals surface area contributed by atoms with Gasteiger partial charge in [-0.15, -0.1) is 0 Å². The fraction of sp³-hybridized carbons (Fsp3) is 0.467. The van der Waals surface area contributed by atoms with Crippen LogP contribution in [0.4, 0.5) is 5.69 Å². The van der Waals surface area contributed by atoms with Crippen molar-refractivity contribution < 1.29 is 9.59 Å². The zero-order chi connectivity index (χ0) is 13.6. The zero-order valence-electron chi connectivity index (χ0n) is 11.2. The van der Waals surface area contributed by atoms with Gasteiger partial charge in [0, 0.05) is 18.2 Å². The molecule has 3 atom stereocenters. The average molecular weight is 258 g/mol. The van der Waals surface area contributed by atoms with Crippen molar-refractivity contribution in [3.05, 3.63) is 29.8 Å². The molecule has 2 aliphatic rings. The Morgan fingerprint density at radius 1 is 1.32 bits per heavy atom. The predicted octanol–water partition coefficient (Wildman–Crippen LogP) is 2.01. The van der Waals surface area contributed by atoms with Crippen molar-refractivity contribution in [1.29, 1.82) is 0 Å². The number of fused-ring (bicyclic) bond motifs is 1. The average Bonchev–Trinajstić information content (AvgIpc) is 3.14. The number of nitrogens with zero attached hydrogens (tertiary/aromatic N) is 1. The second-order valence-corrected chi connectivity index (χ2v) is 5.61. The Morgan fingerprint density at radius 2 is 2.00 bits per heavy atom. The fourth-order valence-corrected chi connectivity index (χ4v) is 2.63. The standard InChI is InChI=1S/C15H18N2O2/c1-9-7-12(9)15(19)17-8-11-5-3-4-6-13(11)16-14(18)10(17)2/h3-6,9-10,12H,7-8H2,1-2H3,(H,16,18). The fourth-order valence-electron chi connectivity index (χ4n) is 2.63. The van der Waals surface area contributed by atoms with Crippen molar-refractivity contribution in [1.82, 2.24) is 4.90 Å². The lowest BCUT2D eigenvalue weighted by molar-refractivity contribution is -0.139. The molecule has 4 nitrogen and oxygen atoms in total. The second kappa shape index (κ2) is 4.37. The molecule has 1 aliphatic carbocycles. The minimum atomic E-state index is -0.410. The number of rotatable bonds is 1. The van der Waals surface area contributed by atoms with E-state index in [2.05, 4.69) is 12.2 Å². The van der Waals surface area contributed by atoms with Crippen LogP contribution in [0.5, 0.6) is 0 Å². The normalized spacial score (nSPS) is 29.3. The van der Waals surface area contributed by atoms with Gasteiger partial charge >= 0.3 is 0 Å². The first-order valence-electron chi connectivity index (χ1n) is 6.77. The summed E-state index contributed by atoms with van der Waals surface area (Å²) in [6.07, 6.45) is 0.950. The van der Waals surface area contributed by atoms with Gasteiger partial charge in [0.1, 0.15) is 6.04 Å². The number of anilines is 1. The maximum atomic E-state index is 12.4. The molecule has 0 aromatic heterocycles. The highest BCUT2D eigenvalue weighted by atomic mass is 16.2. The lowest BCUT2D eigenvalue weighted by Crippen LogP contribution is -2.44. The van der Waals surface area contributed by atoms with E-state index in [9.17, 15) is 9.59 Å². The van der Waals surface area contributed by atoms with E-state index in [0.717, 1.165) is 17.7 Å². The number of carbonyl (C=O) groups excluding carboxylic acids is 2. The molecule has 1 fully saturated rings. The molecule has 0 bridgehead atoms. The highest BCUT2D eigenvalue weighted by Crippen LogP contribution is 2.40. The molecule has 1 aliphatic heterocycles. The third-order valence-electron chi connectivity index (χ3n) is 4.17. The van der Waals surface area contributed by atoms with Crippen molar-refractivity contribution in [2.45, 2.75) is 32.9 Å². The molecule has 19 heavy (non-hydrogen) atoms. The van der Waals surface area contributed by atoms with Gasteiger partial charge in [-0.25, -0.2) is 0 Å². The van der Waals surface area contributed by atoms with Gasteiger partial charge in [-0.05, 0) is 30.9 Å². The van der Waals surface area contributed by atoms with E-state index < -0.39 is 6.04 Å². The molecule has 1 aromatic carbocycles. The van der Waals surface area contributed by atoms with Crippen molar-refractivity contribution in [3.8, 4) is 0 Å². The summed E-state index contributed by atoms with van der Waals surface area (Å²) >= 11 is 0. The third-order valence-corrected chi connectivity index (χ3v) is 4.17. The first-order chi connectivity index (χ1) is 9.08. The molecule has 0 spiro atoms. The SMILES string of the molecule is CC1CC1C(=O)N1Cc2ccccc2NC(=O)C1C. The number of para-hydroxylation sites is 1. The first-order valence-corrected chi connectivity index (χ1v) is 6.77. The number of nitrogens with one attached hydrogen (secondary N) is 1. The Balaban J connectivity index is 1.91. The smallest absolute Gasteiger partial charge is 0.246 e. The summed E-state index contributed by atoms with van der Waals surface area (Å²) in [6, 6.07) is 7.26. The van der Waals surface area contributed by atoms with Crippen molar-refractivity contribution in [2.24, 2.45) is 11.8 Å². The van der Waals surface area contributed by atoms with Crippen molar-refractivity contribution in [3.63, 3.8) is 0 Å². The highest BCUT2D eigenvalue weighted by molar-refractivity contribution is 5.99. The van der Waals surface area contributed by atoms with Crippen LogP contribution in [0.25, 0.3) is 0 Å². The second-order valence-electron chi connectivity index (χ2n) is 5.61. The van der Waals surface area contributed by atoms with E-state index in [1.54, 1.807) is 11.8 Å². The Hall–Kier alpha value is -1.84. The predicted molar refractivity (Wildman–Crippen MR) is 72.4 cm³/mol. The monoisotopic (exact) mass is 258 g/mol.